The Kier molecular flexibility index (Phi) is 4.79. The fraction of sp³-hybridized carbons (Fsp3) is 0.267. The maximum Gasteiger partial charge on any atom is 0.126 e. The molecule has 0 aliphatic rings. The predicted octanol–water partition coefficient (Wildman–Crippen LogP) is 1.83. The van der Waals surface area contributed by atoms with E-state index in [-0.39, 0.29) is 12.4 Å². The maximum absolute atomic E-state index is 9.67. The molecule has 0 bridgehead atoms. The van der Waals surface area contributed by atoms with Gasteiger partial charge in [-0.1, -0.05) is 18.2 Å². The largest absolute Gasteiger partial charge is 0.508 e. The molecule has 5 nitrogen and oxygen atoms in total. The van der Waals surface area contributed by atoms with E-state index >= 15 is 0 Å². The van der Waals surface area contributed by atoms with Crippen molar-refractivity contribution in [3.8, 4) is 5.75 Å². The minimum atomic E-state index is 0.115. The van der Waals surface area contributed by atoms with E-state index in [0.717, 1.165) is 17.1 Å². The van der Waals surface area contributed by atoms with Crippen molar-refractivity contribution in [2.24, 2.45) is 0 Å². The van der Waals surface area contributed by atoms with E-state index in [1.54, 1.807) is 18.3 Å². The lowest BCUT2D eigenvalue weighted by Crippen LogP contribution is -2.21. The second-order valence-corrected chi connectivity index (χ2v) is 4.53. The lowest BCUT2D eigenvalue weighted by Gasteiger charge is -2.17. The van der Waals surface area contributed by atoms with E-state index in [1.807, 2.05) is 36.2 Å². The number of rotatable bonds is 6. The predicted molar refractivity (Wildman–Crippen MR) is 80.0 cm³/mol. The van der Waals surface area contributed by atoms with Crippen LogP contribution in [-0.4, -0.2) is 35.4 Å². The molecule has 1 heterocycles. The normalized spacial score (nSPS) is 10.3. The van der Waals surface area contributed by atoms with E-state index < -0.39 is 0 Å². The summed E-state index contributed by atoms with van der Waals surface area (Å²) >= 11 is 0. The summed E-state index contributed by atoms with van der Waals surface area (Å²) in [5.74, 6) is 1.02. The van der Waals surface area contributed by atoms with Gasteiger partial charge in [0, 0.05) is 25.7 Å². The molecule has 0 aliphatic carbocycles. The Hall–Kier alpha value is -2.27. The number of likely N-dealkylation sites (N-methyl/N-ethyl adjacent to an activating group) is 1. The summed E-state index contributed by atoms with van der Waals surface area (Å²) in [7, 11) is 1.91. The third kappa shape index (κ3) is 3.61. The number of pyridine rings is 1. The minimum Gasteiger partial charge on any atom is -0.508 e. The number of hydrogen-bond donors (Lipinski definition) is 3. The molecule has 0 radical (unpaired) electrons. The zero-order chi connectivity index (χ0) is 14.4. The molecule has 0 fully saturated rings. The number of phenolic OH excluding ortho intramolecular Hbond substituents is 1. The van der Waals surface area contributed by atoms with Crippen molar-refractivity contribution in [3.05, 3.63) is 48.2 Å². The highest BCUT2D eigenvalue weighted by molar-refractivity contribution is 5.49. The molecule has 0 atom stereocenters. The summed E-state index contributed by atoms with van der Waals surface area (Å²) in [6.45, 7) is 1.21. The molecule has 5 heteroatoms. The lowest BCUT2D eigenvalue weighted by atomic mass is 10.2. The number of aromatic nitrogens is 1. The molecule has 20 heavy (non-hydrogen) atoms. The van der Waals surface area contributed by atoms with Crippen molar-refractivity contribution in [1.29, 1.82) is 0 Å². The van der Waals surface area contributed by atoms with Crippen LogP contribution in [0, 0.1) is 0 Å². The fourth-order valence-corrected chi connectivity index (χ4v) is 1.84. The van der Waals surface area contributed by atoms with Gasteiger partial charge in [-0.05, 0) is 18.2 Å². The molecule has 1 aromatic carbocycles. The van der Waals surface area contributed by atoms with Gasteiger partial charge in [0.05, 0.1) is 18.5 Å². The van der Waals surface area contributed by atoms with E-state index in [0.29, 0.717) is 13.1 Å². The van der Waals surface area contributed by atoms with E-state index in [2.05, 4.69) is 10.3 Å². The quantitative estimate of drug-likeness (QED) is 0.749. The van der Waals surface area contributed by atoms with Gasteiger partial charge in [0.2, 0.25) is 0 Å². The number of para-hydroxylation sites is 1. The van der Waals surface area contributed by atoms with Gasteiger partial charge in [0.1, 0.15) is 11.6 Å². The molecule has 106 valence electrons. The molecule has 2 rings (SSSR count). The molecule has 0 saturated carbocycles. The average molecular weight is 273 g/mol. The number of aliphatic hydroxyl groups is 1. The Morgan fingerprint density at radius 2 is 2.00 bits per heavy atom. The summed E-state index contributed by atoms with van der Waals surface area (Å²) in [5, 5.41) is 21.7. The van der Waals surface area contributed by atoms with Crippen molar-refractivity contribution < 1.29 is 10.2 Å². The molecule has 0 spiro atoms. The third-order valence-electron chi connectivity index (χ3n) is 3.08. The molecular formula is C15H19N3O2. The number of nitrogens with zero attached hydrogens (tertiary/aromatic N) is 2. The van der Waals surface area contributed by atoms with Crippen molar-refractivity contribution in [1.82, 2.24) is 4.98 Å². The summed E-state index contributed by atoms with van der Waals surface area (Å²) in [4.78, 5) is 6.24. The molecule has 1 aromatic heterocycles. The van der Waals surface area contributed by atoms with Crippen molar-refractivity contribution in [3.63, 3.8) is 0 Å². The van der Waals surface area contributed by atoms with Crippen LogP contribution in [0.25, 0.3) is 0 Å². The standard InChI is InChI=1S/C15H19N3O2/c1-18(8-9-19)13-6-7-15(17-11-13)16-10-12-4-2-3-5-14(12)20/h2-7,11,19-20H,8-10H2,1H3,(H,16,17). The second-order valence-electron chi connectivity index (χ2n) is 4.53. The summed E-state index contributed by atoms with van der Waals surface area (Å²) < 4.78 is 0. The van der Waals surface area contributed by atoms with Crippen molar-refractivity contribution in [2.75, 3.05) is 30.4 Å². The second kappa shape index (κ2) is 6.77. The molecular weight excluding hydrogens is 254 g/mol. The van der Waals surface area contributed by atoms with Crippen LogP contribution >= 0.6 is 0 Å². The Bertz CT molecular complexity index is 543. The number of anilines is 2. The highest BCUT2D eigenvalue weighted by Crippen LogP contribution is 2.18. The molecule has 2 aromatic rings. The topological polar surface area (TPSA) is 68.6 Å². The van der Waals surface area contributed by atoms with E-state index in [9.17, 15) is 5.11 Å². The smallest absolute Gasteiger partial charge is 0.126 e. The van der Waals surface area contributed by atoms with Crippen LogP contribution in [-0.2, 0) is 6.54 Å². The number of hydrogen-bond acceptors (Lipinski definition) is 5. The van der Waals surface area contributed by atoms with Gasteiger partial charge >= 0.3 is 0 Å². The van der Waals surface area contributed by atoms with E-state index in [4.69, 9.17) is 5.11 Å². The Labute approximate surface area is 118 Å². The number of phenols is 1. The molecule has 0 aliphatic heterocycles. The Balaban J connectivity index is 1.96. The van der Waals surface area contributed by atoms with Crippen LogP contribution < -0.4 is 10.2 Å². The number of nitrogens with one attached hydrogen (secondary N) is 1. The third-order valence-corrected chi connectivity index (χ3v) is 3.08. The Morgan fingerprint density at radius 3 is 2.65 bits per heavy atom. The van der Waals surface area contributed by atoms with Gasteiger partial charge in [0.25, 0.3) is 0 Å². The van der Waals surface area contributed by atoms with Crippen LogP contribution in [0.15, 0.2) is 42.6 Å². The Morgan fingerprint density at radius 1 is 1.20 bits per heavy atom. The first-order valence-corrected chi connectivity index (χ1v) is 6.49. The lowest BCUT2D eigenvalue weighted by molar-refractivity contribution is 0.304. The summed E-state index contributed by atoms with van der Waals surface area (Å²) in [6, 6.07) is 11.0. The van der Waals surface area contributed by atoms with Gasteiger partial charge < -0.3 is 20.4 Å². The zero-order valence-corrected chi connectivity index (χ0v) is 11.5. The first-order valence-electron chi connectivity index (χ1n) is 6.49. The molecule has 0 saturated heterocycles. The van der Waals surface area contributed by atoms with Crippen LogP contribution in [0.4, 0.5) is 11.5 Å². The highest BCUT2D eigenvalue weighted by atomic mass is 16.3. The van der Waals surface area contributed by atoms with Crippen LogP contribution in [0.2, 0.25) is 0 Å². The van der Waals surface area contributed by atoms with Gasteiger partial charge in [-0.15, -0.1) is 0 Å². The minimum absolute atomic E-state index is 0.115. The number of benzene rings is 1. The van der Waals surface area contributed by atoms with E-state index in [1.165, 1.54) is 0 Å². The SMILES string of the molecule is CN(CCO)c1ccc(NCc2ccccc2O)nc1. The van der Waals surface area contributed by atoms with Crippen LogP contribution in [0.1, 0.15) is 5.56 Å². The van der Waals surface area contributed by atoms with Crippen molar-refractivity contribution in [2.45, 2.75) is 6.54 Å². The molecule has 0 unspecified atom stereocenters. The van der Waals surface area contributed by atoms with Crippen LogP contribution in [0.3, 0.4) is 0 Å². The van der Waals surface area contributed by atoms with Gasteiger partial charge in [-0.25, -0.2) is 4.98 Å². The number of aliphatic hydroxyl groups excluding tert-OH is 1. The maximum atomic E-state index is 9.67. The van der Waals surface area contributed by atoms with Gasteiger partial charge in [-0.2, -0.15) is 0 Å². The van der Waals surface area contributed by atoms with Gasteiger partial charge in [-0.3, -0.25) is 0 Å². The summed E-state index contributed by atoms with van der Waals surface area (Å²) in [6.07, 6.45) is 1.75. The van der Waals surface area contributed by atoms with Crippen molar-refractivity contribution >= 4 is 11.5 Å². The van der Waals surface area contributed by atoms with Crippen LogP contribution in [0.5, 0.6) is 5.75 Å². The average Bonchev–Trinajstić information content (AvgIpc) is 2.47. The summed E-state index contributed by atoms with van der Waals surface area (Å²) in [5.41, 5.74) is 1.78. The van der Waals surface area contributed by atoms with Gasteiger partial charge in [0.15, 0.2) is 0 Å². The first-order chi connectivity index (χ1) is 9.70. The fourth-order valence-electron chi connectivity index (χ4n) is 1.84. The number of aromatic hydroxyl groups is 1. The monoisotopic (exact) mass is 273 g/mol. The molecule has 3 N–H and O–H groups in total. The highest BCUT2D eigenvalue weighted by Gasteiger charge is 2.02. The molecule has 0 amide bonds. The first kappa shape index (κ1) is 14.1. The zero-order valence-electron chi connectivity index (χ0n) is 11.5.